The minimum Gasteiger partial charge on any atom is -0.310 e. The maximum absolute atomic E-state index is 14.4. The second kappa shape index (κ2) is 6.81. The van der Waals surface area contributed by atoms with Crippen molar-refractivity contribution in [3.8, 4) is 11.1 Å². The van der Waals surface area contributed by atoms with Crippen molar-refractivity contribution in [2.75, 3.05) is 7.05 Å². The molecule has 0 radical (unpaired) electrons. The molecule has 1 atom stereocenters. The normalized spacial score (nSPS) is 13.6. The smallest absolute Gasteiger partial charge is 0.163 e. The van der Waals surface area contributed by atoms with Crippen LogP contribution in [0.5, 0.6) is 0 Å². The SMILES string of the molecule is CN[C@@](C)(CC=O)c1cc(-c2c(C)cc(C)cc2C)cc(F)c1F. The first-order chi connectivity index (χ1) is 11.2. The summed E-state index contributed by atoms with van der Waals surface area (Å²) in [6.45, 7) is 7.61. The van der Waals surface area contributed by atoms with E-state index >= 15 is 0 Å². The number of nitrogens with one attached hydrogen (secondary N) is 1. The first-order valence-corrected chi connectivity index (χ1v) is 7.93. The molecule has 0 bridgehead atoms. The van der Waals surface area contributed by atoms with E-state index in [-0.39, 0.29) is 12.0 Å². The minimum atomic E-state index is -0.963. The van der Waals surface area contributed by atoms with Gasteiger partial charge in [0.05, 0.1) is 5.54 Å². The molecular formula is C20H23F2NO. The fraction of sp³-hybridized carbons (Fsp3) is 0.350. The quantitative estimate of drug-likeness (QED) is 0.813. The second-order valence-corrected chi connectivity index (χ2v) is 6.55. The Bertz CT molecular complexity index is 762. The van der Waals surface area contributed by atoms with E-state index in [4.69, 9.17) is 0 Å². The summed E-state index contributed by atoms with van der Waals surface area (Å²) in [5.74, 6) is -1.82. The van der Waals surface area contributed by atoms with Crippen LogP contribution in [0.2, 0.25) is 0 Å². The van der Waals surface area contributed by atoms with Crippen molar-refractivity contribution in [1.29, 1.82) is 0 Å². The zero-order valence-electron chi connectivity index (χ0n) is 14.8. The molecule has 4 heteroatoms. The van der Waals surface area contributed by atoms with Crippen molar-refractivity contribution >= 4 is 6.29 Å². The molecule has 0 heterocycles. The van der Waals surface area contributed by atoms with Gasteiger partial charge in [-0.3, -0.25) is 0 Å². The van der Waals surface area contributed by atoms with E-state index in [2.05, 4.69) is 5.32 Å². The summed E-state index contributed by atoms with van der Waals surface area (Å²) in [6.07, 6.45) is 0.762. The fourth-order valence-electron chi connectivity index (χ4n) is 3.28. The standard InChI is InChI=1S/C20H23F2NO/c1-12-8-13(2)18(14(3)9-12)15-10-16(19(22)17(21)11-15)20(4,23-5)6-7-24/h7-11,23H,6H2,1-5H3/t20-/m0/s1. The molecule has 0 amide bonds. The van der Waals surface area contributed by atoms with Crippen LogP contribution in [0.4, 0.5) is 8.78 Å². The van der Waals surface area contributed by atoms with Crippen molar-refractivity contribution in [3.05, 3.63) is 58.2 Å². The average Bonchev–Trinajstić information content (AvgIpc) is 2.49. The van der Waals surface area contributed by atoms with Gasteiger partial charge in [-0.15, -0.1) is 0 Å². The van der Waals surface area contributed by atoms with Crippen LogP contribution >= 0.6 is 0 Å². The number of carbonyl (C=O) groups is 1. The molecule has 2 nitrogen and oxygen atoms in total. The lowest BCUT2D eigenvalue weighted by molar-refractivity contribution is -0.109. The molecule has 0 aliphatic rings. The summed E-state index contributed by atoms with van der Waals surface area (Å²) < 4.78 is 28.7. The maximum atomic E-state index is 14.4. The molecule has 2 rings (SSSR count). The lowest BCUT2D eigenvalue weighted by atomic mass is 9.85. The lowest BCUT2D eigenvalue weighted by Gasteiger charge is -2.29. The van der Waals surface area contributed by atoms with Gasteiger partial charge >= 0.3 is 0 Å². The van der Waals surface area contributed by atoms with Crippen LogP contribution in [-0.4, -0.2) is 13.3 Å². The third-order valence-corrected chi connectivity index (χ3v) is 4.63. The third-order valence-electron chi connectivity index (χ3n) is 4.63. The number of benzene rings is 2. The molecule has 0 aliphatic carbocycles. The Labute approximate surface area is 141 Å². The Balaban J connectivity index is 2.74. The molecule has 2 aromatic rings. The van der Waals surface area contributed by atoms with Crippen molar-refractivity contribution < 1.29 is 13.6 Å². The topological polar surface area (TPSA) is 29.1 Å². The Morgan fingerprint density at radius 1 is 1.08 bits per heavy atom. The van der Waals surface area contributed by atoms with Crippen molar-refractivity contribution in [2.24, 2.45) is 0 Å². The van der Waals surface area contributed by atoms with Crippen molar-refractivity contribution in [2.45, 2.75) is 39.7 Å². The highest BCUT2D eigenvalue weighted by molar-refractivity contribution is 5.72. The summed E-state index contributed by atoms with van der Waals surface area (Å²) in [5, 5.41) is 2.94. The van der Waals surface area contributed by atoms with Gasteiger partial charge in [-0.2, -0.15) is 0 Å². The number of aryl methyl sites for hydroxylation is 3. The van der Waals surface area contributed by atoms with Gasteiger partial charge in [0.15, 0.2) is 11.6 Å². The van der Waals surface area contributed by atoms with E-state index in [0.29, 0.717) is 11.8 Å². The molecule has 0 aliphatic heterocycles. The molecule has 0 saturated heterocycles. The van der Waals surface area contributed by atoms with Gasteiger partial charge in [0.1, 0.15) is 6.29 Å². The number of hydrogen-bond acceptors (Lipinski definition) is 2. The summed E-state index contributed by atoms with van der Waals surface area (Å²) in [4.78, 5) is 11.0. The fourth-order valence-corrected chi connectivity index (χ4v) is 3.28. The summed E-state index contributed by atoms with van der Waals surface area (Å²) in [7, 11) is 1.63. The zero-order valence-corrected chi connectivity index (χ0v) is 14.8. The maximum Gasteiger partial charge on any atom is 0.163 e. The largest absolute Gasteiger partial charge is 0.310 e. The second-order valence-electron chi connectivity index (χ2n) is 6.55. The van der Waals surface area contributed by atoms with Crippen LogP contribution in [0.25, 0.3) is 11.1 Å². The van der Waals surface area contributed by atoms with Gasteiger partial charge < -0.3 is 10.1 Å². The van der Waals surface area contributed by atoms with Gasteiger partial charge in [0.2, 0.25) is 0 Å². The molecule has 0 aromatic heterocycles. The van der Waals surface area contributed by atoms with Crippen molar-refractivity contribution in [1.82, 2.24) is 5.32 Å². The summed E-state index contributed by atoms with van der Waals surface area (Å²) in [6, 6.07) is 6.90. The van der Waals surface area contributed by atoms with Gasteiger partial charge in [-0.25, -0.2) is 8.78 Å². The highest BCUT2D eigenvalue weighted by Crippen LogP contribution is 2.35. The first kappa shape index (κ1) is 18.3. The van der Waals surface area contributed by atoms with Crippen molar-refractivity contribution in [3.63, 3.8) is 0 Å². The predicted molar refractivity (Wildman–Crippen MR) is 93.1 cm³/mol. The van der Waals surface area contributed by atoms with E-state index in [9.17, 15) is 13.6 Å². The molecule has 2 aromatic carbocycles. The molecule has 1 N–H and O–H groups in total. The van der Waals surface area contributed by atoms with E-state index in [1.54, 1.807) is 20.0 Å². The Kier molecular flexibility index (Phi) is 5.19. The van der Waals surface area contributed by atoms with Gasteiger partial charge in [-0.05, 0) is 69.1 Å². The highest BCUT2D eigenvalue weighted by atomic mass is 19.2. The Morgan fingerprint density at radius 2 is 1.67 bits per heavy atom. The minimum absolute atomic E-state index is 0.0508. The predicted octanol–water partition coefficient (Wildman–Crippen LogP) is 4.58. The van der Waals surface area contributed by atoms with E-state index in [1.165, 1.54) is 6.07 Å². The van der Waals surface area contributed by atoms with E-state index in [1.807, 2.05) is 32.9 Å². The van der Waals surface area contributed by atoms with Crippen LogP contribution in [-0.2, 0) is 10.3 Å². The van der Waals surface area contributed by atoms with Gasteiger partial charge in [0, 0.05) is 12.0 Å². The zero-order chi connectivity index (χ0) is 18.1. The van der Waals surface area contributed by atoms with Crippen LogP contribution < -0.4 is 5.32 Å². The number of halogens is 2. The van der Waals surface area contributed by atoms with Crippen LogP contribution in [0.3, 0.4) is 0 Å². The number of carbonyl (C=O) groups excluding carboxylic acids is 1. The number of hydrogen-bond donors (Lipinski definition) is 1. The molecule has 0 fully saturated rings. The van der Waals surface area contributed by atoms with E-state index in [0.717, 1.165) is 22.3 Å². The number of rotatable bonds is 5. The Hall–Kier alpha value is -2.07. The van der Waals surface area contributed by atoms with Crippen LogP contribution in [0.15, 0.2) is 24.3 Å². The molecule has 0 unspecified atom stereocenters. The summed E-state index contributed by atoms with van der Waals surface area (Å²) >= 11 is 0. The summed E-state index contributed by atoms with van der Waals surface area (Å²) in [5.41, 5.74) is 3.84. The van der Waals surface area contributed by atoms with Gasteiger partial charge in [0.25, 0.3) is 0 Å². The van der Waals surface area contributed by atoms with Gasteiger partial charge in [-0.1, -0.05) is 17.7 Å². The van der Waals surface area contributed by atoms with E-state index < -0.39 is 17.2 Å². The molecular weight excluding hydrogens is 308 g/mol. The van der Waals surface area contributed by atoms with Crippen LogP contribution in [0.1, 0.15) is 35.6 Å². The third kappa shape index (κ3) is 3.24. The molecule has 0 spiro atoms. The average molecular weight is 331 g/mol. The lowest BCUT2D eigenvalue weighted by Crippen LogP contribution is -2.38. The van der Waals surface area contributed by atoms with Crippen LogP contribution in [0, 0.1) is 32.4 Å². The number of aldehydes is 1. The molecule has 128 valence electrons. The first-order valence-electron chi connectivity index (χ1n) is 7.93. The highest BCUT2D eigenvalue weighted by Gasteiger charge is 2.30. The molecule has 24 heavy (non-hydrogen) atoms. The monoisotopic (exact) mass is 331 g/mol. The Morgan fingerprint density at radius 3 is 2.17 bits per heavy atom. The molecule has 0 saturated carbocycles.